The minimum absolute atomic E-state index is 0.452. The standard InChI is InChI=1S/C13H18N2O/c1-2-16-13-9-8-12(10-14-13)15-11-6-4-3-5-7-11/h4,6,8-11,15H,2-3,5,7H2,1H3. The Morgan fingerprint density at radius 1 is 1.50 bits per heavy atom. The maximum atomic E-state index is 5.30. The van der Waals surface area contributed by atoms with Gasteiger partial charge in [0, 0.05) is 12.1 Å². The minimum atomic E-state index is 0.452. The van der Waals surface area contributed by atoms with Crippen molar-refractivity contribution in [3.63, 3.8) is 0 Å². The Morgan fingerprint density at radius 2 is 2.44 bits per heavy atom. The molecule has 0 aliphatic heterocycles. The molecular formula is C13H18N2O. The predicted octanol–water partition coefficient (Wildman–Crippen LogP) is 3.00. The third kappa shape index (κ3) is 2.99. The number of hydrogen-bond acceptors (Lipinski definition) is 3. The van der Waals surface area contributed by atoms with E-state index in [1.54, 1.807) is 0 Å². The van der Waals surface area contributed by atoms with Crippen molar-refractivity contribution in [2.24, 2.45) is 0 Å². The van der Waals surface area contributed by atoms with E-state index < -0.39 is 0 Å². The molecule has 86 valence electrons. The summed E-state index contributed by atoms with van der Waals surface area (Å²) in [5.41, 5.74) is 1.06. The van der Waals surface area contributed by atoms with Crippen molar-refractivity contribution in [2.45, 2.75) is 32.2 Å². The lowest BCUT2D eigenvalue weighted by atomic mass is 10.0. The van der Waals surface area contributed by atoms with Crippen molar-refractivity contribution < 1.29 is 4.74 Å². The van der Waals surface area contributed by atoms with E-state index in [1.807, 2.05) is 25.3 Å². The molecule has 16 heavy (non-hydrogen) atoms. The fourth-order valence-corrected chi connectivity index (χ4v) is 1.85. The van der Waals surface area contributed by atoms with Crippen molar-refractivity contribution in [2.75, 3.05) is 11.9 Å². The third-order valence-corrected chi connectivity index (χ3v) is 2.63. The molecule has 3 nitrogen and oxygen atoms in total. The van der Waals surface area contributed by atoms with Crippen molar-refractivity contribution >= 4 is 5.69 Å². The second-order valence-electron chi connectivity index (χ2n) is 3.93. The number of nitrogens with one attached hydrogen (secondary N) is 1. The molecule has 0 spiro atoms. The van der Waals surface area contributed by atoms with Gasteiger partial charge in [-0.15, -0.1) is 0 Å². The molecule has 0 bridgehead atoms. The zero-order chi connectivity index (χ0) is 11.2. The van der Waals surface area contributed by atoms with Gasteiger partial charge in [0.1, 0.15) is 0 Å². The van der Waals surface area contributed by atoms with Crippen molar-refractivity contribution in [3.8, 4) is 5.88 Å². The molecule has 1 heterocycles. The largest absolute Gasteiger partial charge is 0.478 e. The molecule has 3 heteroatoms. The summed E-state index contributed by atoms with van der Waals surface area (Å²) < 4.78 is 5.30. The topological polar surface area (TPSA) is 34.1 Å². The molecule has 1 atom stereocenters. The van der Waals surface area contributed by atoms with Gasteiger partial charge in [-0.1, -0.05) is 12.2 Å². The molecule has 0 radical (unpaired) electrons. The number of rotatable bonds is 4. The Bertz CT molecular complexity index is 345. The summed E-state index contributed by atoms with van der Waals surface area (Å²) in [6.07, 6.45) is 9.97. The molecule has 1 aliphatic carbocycles. The highest BCUT2D eigenvalue weighted by Gasteiger charge is 2.07. The zero-order valence-electron chi connectivity index (χ0n) is 9.65. The van der Waals surface area contributed by atoms with E-state index in [-0.39, 0.29) is 0 Å². The Kier molecular flexibility index (Phi) is 3.81. The van der Waals surface area contributed by atoms with E-state index in [4.69, 9.17) is 4.74 Å². The Labute approximate surface area is 96.5 Å². The second-order valence-corrected chi connectivity index (χ2v) is 3.93. The van der Waals surface area contributed by atoms with Gasteiger partial charge in [-0.2, -0.15) is 0 Å². The second kappa shape index (κ2) is 5.54. The van der Waals surface area contributed by atoms with E-state index in [0.29, 0.717) is 18.5 Å². The van der Waals surface area contributed by atoms with Crippen LogP contribution >= 0.6 is 0 Å². The summed E-state index contributed by atoms with van der Waals surface area (Å²) in [6, 6.07) is 4.37. The van der Waals surface area contributed by atoms with Crippen LogP contribution in [0.5, 0.6) is 5.88 Å². The molecule has 0 fully saturated rings. The van der Waals surface area contributed by atoms with Gasteiger partial charge in [0.05, 0.1) is 18.5 Å². The fourth-order valence-electron chi connectivity index (χ4n) is 1.85. The highest BCUT2D eigenvalue weighted by atomic mass is 16.5. The molecule has 2 rings (SSSR count). The van der Waals surface area contributed by atoms with Crippen LogP contribution in [0.3, 0.4) is 0 Å². The number of ether oxygens (including phenoxy) is 1. The molecule has 1 N–H and O–H groups in total. The molecule has 1 aromatic heterocycles. The van der Waals surface area contributed by atoms with Crippen LogP contribution in [0.4, 0.5) is 5.69 Å². The Morgan fingerprint density at radius 3 is 3.06 bits per heavy atom. The van der Waals surface area contributed by atoms with E-state index in [9.17, 15) is 0 Å². The fraction of sp³-hybridized carbons (Fsp3) is 0.462. The van der Waals surface area contributed by atoms with Crippen LogP contribution in [-0.2, 0) is 0 Å². The van der Waals surface area contributed by atoms with Crippen LogP contribution < -0.4 is 10.1 Å². The first-order chi connectivity index (χ1) is 7.88. The van der Waals surface area contributed by atoms with E-state index >= 15 is 0 Å². The molecule has 1 unspecified atom stereocenters. The van der Waals surface area contributed by atoms with Crippen molar-refractivity contribution in [1.29, 1.82) is 0 Å². The van der Waals surface area contributed by atoms with Crippen LogP contribution in [0.25, 0.3) is 0 Å². The summed E-state index contributed by atoms with van der Waals surface area (Å²) in [5, 5.41) is 3.45. The molecule has 0 aromatic carbocycles. The number of allylic oxidation sites excluding steroid dienone is 1. The summed E-state index contributed by atoms with van der Waals surface area (Å²) in [7, 11) is 0. The van der Waals surface area contributed by atoms with Gasteiger partial charge < -0.3 is 10.1 Å². The number of hydrogen-bond donors (Lipinski definition) is 1. The highest BCUT2D eigenvalue weighted by molar-refractivity contribution is 5.44. The van der Waals surface area contributed by atoms with Gasteiger partial charge in [0.25, 0.3) is 0 Å². The Balaban J connectivity index is 1.93. The van der Waals surface area contributed by atoms with E-state index in [1.165, 1.54) is 19.3 Å². The maximum absolute atomic E-state index is 5.30. The van der Waals surface area contributed by atoms with Crippen LogP contribution in [-0.4, -0.2) is 17.6 Å². The smallest absolute Gasteiger partial charge is 0.213 e. The van der Waals surface area contributed by atoms with Gasteiger partial charge in [0.2, 0.25) is 5.88 Å². The first-order valence-corrected chi connectivity index (χ1v) is 5.90. The van der Waals surface area contributed by atoms with Gasteiger partial charge in [-0.25, -0.2) is 4.98 Å². The number of pyridine rings is 1. The van der Waals surface area contributed by atoms with Gasteiger partial charge >= 0.3 is 0 Å². The summed E-state index contributed by atoms with van der Waals surface area (Å²) in [4.78, 5) is 4.23. The lowest BCUT2D eigenvalue weighted by molar-refractivity contribution is 0.327. The van der Waals surface area contributed by atoms with Crippen LogP contribution in [0.15, 0.2) is 30.5 Å². The summed E-state index contributed by atoms with van der Waals surface area (Å²) in [5.74, 6) is 0.687. The molecule has 0 amide bonds. The normalized spacial score (nSPS) is 19.4. The van der Waals surface area contributed by atoms with Gasteiger partial charge in [-0.3, -0.25) is 0 Å². The van der Waals surface area contributed by atoms with E-state index in [0.717, 1.165) is 5.69 Å². The van der Waals surface area contributed by atoms with E-state index in [2.05, 4.69) is 22.5 Å². The zero-order valence-corrected chi connectivity index (χ0v) is 9.65. The summed E-state index contributed by atoms with van der Waals surface area (Å²) in [6.45, 7) is 2.62. The average Bonchev–Trinajstić information content (AvgIpc) is 2.33. The first-order valence-electron chi connectivity index (χ1n) is 5.90. The predicted molar refractivity (Wildman–Crippen MR) is 65.8 cm³/mol. The van der Waals surface area contributed by atoms with Crippen molar-refractivity contribution in [3.05, 3.63) is 30.5 Å². The van der Waals surface area contributed by atoms with Crippen LogP contribution in [0, 0.1) is 0 Å². The highest BCUT2D eigenvalue weighted by Crippen LogP contribution is 2.17. The maximum Gasteiger partial charge on any atom is 0.213 e. The SMILES string of the molecule is CCOc1ccc(NC2C=CCCC2)cn1. The third-order valence-electron chi connectivity index (χ3n) is 2.63. The summed E-state index contributed by atoms with van der Waals surface area (Å²) >= 11 is 0. The average molecular weight is 218 g/mol. The number of aromatic nitrogens is 1. The lowest BCUT2D eigenvalue weighted by Crippen LogP contribution is -2.18. The van der Waals surface area contributed by atoms with Gasteiger partial charge in [0.15, 0.2) is 0 Å². The van der Waals surface area contributed by atoms with Crippen LogP contribution in [0.2, 0.25) is 0 Å². The van der Waals surface area contributed by atoms with Crippen molar-refractivity contribution in [1.82, 2.24) is 4.98 Å². The molecule has 0 saturated carbocycles. The Hall–Kier alpha value is -1.51. The molecule has 1 aromatic rings. The minimum Gasteiger partial charge on any atom is -0.478 e. The number of anilines is 1. The van der Waals surface area contributed by atoms with Crippen LogP contribution in [0.1, 0.15) is 26.2 Å². The molecule has 1 aliphatic rings. The quantitative estimate of drug-likeness (QED) is 0.789. The first kappa shape index (κ1) is 11.0. The van der Waals surface area contributed by atoms with Gasteiger partial charge in [-0.05, 0) is 32.3 Å². The number of nitrogens with zero attached hydrogens (tertiary/aromatic N) is 1. The lowest BCUT2D eigenvalue weighted by Gasteiger charge is -2.18. The molecule has 0 saturated heterocycles. The molecular weight excluding hydrogens is 200 g/mol. The monoisotopic (exact) mass is 218 g/mol.